The number of nitrogens with zero attached hydrogens (tertiary/aromatic N) is 1. The first-order valence-corrected chi connectivity index (χ1v) is 9.40. The number of nitrogens with one attached hydrogen (secondary N) is 2. The first-order chi connectivity index (χ1) is 12.7. The largest absolute Gasteiger partial charge is 0.506 e. The lowest BCUT2D eigenvalue weighted by Gasteiger charge is -2.12. The zero-order valence-corrected chi connectivity index (χ0v) is 15.4. The molecule has 0 bridgehead atoms. The molecule has 0 aliphatic heterocycles. The Kier molecular flexibility index (Phi) is 4.73. The normalized spacial score (nSPS) is 11.5. The van der Waals surface area contributed by atoms with E-state index in [-0.39, 0.29) is 4.90 Å². The third-order valence-electron chi connectivity index (χ3n) is 4.13. The van der Waals surface area contributed by atoms with Gasteiger partial charge in [0.2, 0.25) is 0 Å². The van der Waals surface area contributed by atoms with Crippen molar-refractivity contribution in [2.75, 3.05) is 0 Å². The van der Waals surface area contributed by atoms with Crippen molar-refractivity contribution in [2.45, 2.75) is 11.8 Å². The number of aromatic hydroxyl groups is 1. The zero-order valence-electron chi connectivity index (χ0n) is 14.6. The Labute approximate surface area is 155 Å². The van der Waals surface area contributed by atoms with Crippen molar-refractivity contribution in [3.63, 3.8) is 0 Å². The van der Waals surface area contributed by atoms with Crippen molar-refractivity contribution in [3.8, 4) is 5.75 Å². The highest BCUT2D eigenvalue weighted by Crippen LogP contribution is 2.25. The Morgan fingerprint density at radius 3 is 2.37 bits per heavy atom. The molecule has 27 heavy (non-hydrogen) atoms. The lowest BCUT2D eigenvalue weighted by molar-refractivity contribution is 0.0940. The molecule has 1 heterocycles. The number of carbonyl (C=O) groups is 1. The number of hydrogen-bond donors (Lipinski definition) is 3. The SMILES string of the molecule is Cc1ccc(S(=O)(=O)NNC(=O)c2c(O)c3ccccc3n(C)c2=O)cc1. The summed E-state index contributed by atoms with van der Waals surface area (Å²) in [4.78, 5) is 26.7. The van der Waals surface area contributed by atoms with Gasteiger partial charge in [0.1, 0.15) is 11.3 Å². The number of aryl methyl sites for hydroxylation is 2. The van der Waals surface area contributed by atoms with Gasteiger partial charge in [-0.1, -0.05) is 29.8 Å². The van der Waals surface area contributed by atoms with Gasteiger partial charge in [0, 0.05) is 12.4 Å². The number of pyridine rings is 1. The Morgan fingerprint density at radius 2 is 1.70 bits per heavy atom. The van der Waals surface area contributed by atoms with Gasteiger partial charge in [-0.15, -0.1) is 4.83 Å². The first kappa shape index (κ1) is 18.6. The molecule has 3 N–H and O–H groups in total. The minimum absolute atomic E-state index is 0.0518. The second kappa shape index (κ2) is 6.86. The molecule has 0 atom stereocenters. The molecule has 3 rings (SSSR count). The number of hydrazine groups is 1. The van der Waals surface area contributed by atoms with Crippen LogP contribution in [0.2, 0.25) is 0 Å². The van der Waals surface area contributed by atoms with Gasteiger partial charge in [0.15, 0.2) is 0 Å². The Balaban J connectivity index is 1.93. The number of benzene rings is 2. The smallest absolute Gasteiger partial charge is 0.275 e. The number of carbonyl (C=O) groups excluding carboxylic acids is 1. The quantitative estimate of drug-likeness (QED) is 0.581. The van der Waals surface area contributed by atoms with E-state index in [0.29, 0.717) is 10.9 Å². The Bertz CT molecular complexity index is 1200. The molecule has 0 fully saturated rings. The van der Waals surface area contributed by atoms with Gasteiger partial charge in [-0.2, -0.15) is 0 Å². The summed E-state index contributed by atoms with van der Waals surface area (Å²) in [7, 11) is -2.58. The summed E-state index contributed by atoms with van der Waals surface area (Å²) >= 11 is 0. The average molecular weight is 387 g/mol. The van der Waals surface area contributed by atoms with Gasteiger partial charge >= 0.3 is 0 Å². The van der Waals surface area contributed by atoms with E-state index in [4.69, 9.17) is 0 Å². The van der Waals surface area contributed by atoms with E-state index >= 15 is 0 Å². The predicted molar refractivity (Wildman–Crippen MR) is 99.8 cm³/mol. The maximum absolute atomic E-state index is 12.4. The first-order valence-electron chi connectivity index (χ1n) is 7.92. The van der Waals surface area contributed by atoms with Crippen LogP contribution in [-0.4, -0.2) is 24.0 Å². The number of amides is 1. The van der Waals surface area contributed by atoms with Crippen LogP contribution < -0.4 is 15.8 Å². The minimum atomic E-state index is -4.03. The van der Waals surface area contributed by atoms with E-state index < -0.39 is 32.8 Å². The van der Waals surface area contributed by atoms with Crippen molar-refractivity contribution in [1.82, 2.24) is 14.8 Å². The van der Waals surface area contributed by atoms with E-state index in [1.54, 1.807) is 36.4 Å². The summed E-state index contributed by atoms with van der Waals surface area (Å²) in [6, 6.07) is 12.5. The van der Waals surface area contributed by atoms with Gasteiger partial charge in [0.05, 0.1) is 10.4 Å². The lowest BCUT2D eigenvalue weighted by atomic mass is 10.1. The maximum Gasteiger partial charge on any atom is 0.275 e. The van der Waals surface area contributed by atoms with Crippen molar-refractivity contribution in [3.05, 3.63) is 70.0 Å². The van der Waals surface area contributed by atoms with Crippen LogP contribution in [0.1, 0.15) is 15.9 Å². The molecule has 0 saturated heterocycles. The fourth-order valence-electron chi connectivity index (χ4n) is 2.64. The fraction of sp³-hybridized carbons (Fsp3) is 0.111. The van der Waals surface area contributed by atoms with Crippen molar-refractivity contribution >= 4 is 26.8 Å². The van der Waals surface area contributed by atoms with Crippen molar-refractivity contribution in [1.29, 1.82) is 0 Å². The van der Waals surface area contributed by atoms with Crippen LogP contribution in [0.25, 0.3) is 10.9 Å². The summed E-state index contributed by atoms with van der Waals surface area (Å²) in [5, 5.41) is 10.6. The molecule has 0 saturated carbocycles. The lowest BCUT2D eigenvalue weighted by Crippen LogP contribution is -2.43. The highest BCUT2D eigenvalue weighted by molar-refractivity contribution is 7.89. The fourth-order valence-corrected chi connectivity index (χ4v) is 3.48. The van der Waals surface area contributed by atoms with E-state index in [1.807, 2.05) is 17.2 Å². The third-order valence-corrected chi connectivity index (χ3v) is 5.40. The zero-order chi connectivity index (χ0) is 19.8. The summed E-state index contributed by atoms with van der Waals surface area (Å²) in [5.41, 5.74) is 1.99. The van der Waals surface area contributed by atoms with Crippen LogP contribution >= 0.6 is 0 Å². The van der Waals surface area contributed by atoms with E-state index in [1.165, 1.54) is 23.7 Å². The average Bonchev–Trinajstić information content (AvgIpc) is 2.65. The van der Waals surface area contributed by atoms with Gasteiger partial charge in [-0.3, -0.25) is 15.0 Å². The summed E-state index contributed by atoms with van der Waals surface area (Å²) in [5.74, 6) is -1.57. The molecule has 9 heteroatoms. The van der Waals surface area contributed by atoms with Crippen molar-refractivity contribution < 1.29 is 18.3 Å². The standard InChI is InChI=1S/C18H17N3O5S/c1-11-7-9-12(10-8-11)27(25,26)20-19-17(23)15-16(22)13-5-3-4-6-14(13)21(2)18(15)24/h3-10,20,22H,1-2H3,(H,19,23). The monoisotopic (exact) mass is 387 g/mol. The predicted octanol–water partition coefficient (Wildman–Crippen LogP) is 1.18. The Hall–Kier alpha value is -3.17. The molecular formula is C18H17N3O5S. The van der Waals surface area contributed by atoms with Crippen LogP contribution in [0.4, 0.5) is 0 Å². The number of sulfonamides is 1. The molecule has 2 aromatic carbocycles. The van der Waals surface area contributed by atoms with Gasteiger partial charge < -0.3 is 9.67 Å². The molecule has 140 valence electrons. The number of fused-ring (bicyclic) bond motifs is 1. The highest BCUT2D eigenvalue weighted by Gasteiger charge is 2.23. The number of para-hydroxylation sites is 1. The molecule has 8 nitrogen and oxygen atoms in total. The topological polar surface area (TPSA) is 118 Å². The second-order valence-electron chi connectivity index (χ2n) is 5.98. The van der Waals surface area contributed by atoms with Crippen LogP contribution in [0, 0.1) is 6.92 Å². The van der Waals surface area contributed by atoms with E-state index in [0.717, 1.165) is 5.56 Å². The molecule has 0 radical (unpaired) electrons. The summed E-state index contributed by atoms with van der Waals surface area (Å²) in [6.45, 7) is 1.81. The van der Waals surface area contributed by atoms with Crippen molar-refractivity contribution in [2.24, 2.45) is 7.05 Å². The highest BCUT2D eigenvalue weighted by atomic mass is 32.2. The van der Waals surface area contributed by atoms with Gasteiger partial charge in [0.25, 0.3) is 21.5 Å². The molecule has 1 aromatic heterocycles. The number of hydrogen-bond acceptors (Lipinski definition) is 5. The summed E-state index contributed by atoms with van der Waals surface area (Å²) < 4.78 is 25.7. The molecule has 3 aromatic rings. The van der Waals surface area contributed by atoms with Gasteiger partial charge in [-0.05, 0) is 31.2 Å². The molecule has 0 aliphatic rings. The van der Waals surface area contributed by atoms with Crippen LogP contribution in [0.3, 0.4) is 0 Å². The summed E-state index contributed by atoms with van der Waals surface area (Å²) in [6.07, 6.45) is 0. The van der Waals surface area contributed by atoms with E-state index in [9.17, 15) is 23.1 Å². The maximum atomic E-state index is 12.4. The molecular weight excluding hydrogens is 370 g/mol. The molecule has 0 aliphatic carbocycles. The van der Waals surface area contributed by atoms with E-state index in [2.05, 4.69) is 0 Å². The molecule has 0 spiro atoms. The van der Waals surface area contributed by atoms with Crippen LogP contribution in [0.5, 0.6) is 5.75 Å². The molecule has 0 unspecified atom stereocenters. The van der Waals surface area contributed by atoms with Crippen LogP contribution in [0.15, 0.2) is 58.2 Å². The van der Waals surface area contributed by atoms with Gasteiger partial charge in [-0.25, -0.2) is 8.42 Å². The molecule has 1 amide bonds. The number of rotatable bonds is 4. The Morgan fingerprint density at radius 1 is 1.07 bits per heavy atom. The van der Waals surface area contributed by atoms with Crippen LogP contribution in [-0.2, 0) is 17.1 Å². The minimum Gasteiger partial charge on any atom is -0.506 e. The number of aromatic nitrogens is 1. The second-order valence-corrected chi connectivity index (χ2v) is 7.66. The third kappa shape index (κ3) is 3.42.